The van der Waals surface area contributed by atoms with E-state index in [1.165, 1.54) is 6.07 Å². The highest BCUT2D eigenvalue weighted by atomic mass is 16.5. The number of carbonyl (C=O) groups is 1. The summed E-state index contributed by atoms with van der Waals surface area (Å²) in [4.78, 5) is 13.1. The molecule has 0 bridgehead atoms. The zero-order chi connectivity index (χ0) is 16.4. The second-order valence-electron chi connectivity index (χ2n) is 5.63. The van der Waals surface area contributed by atoms with Crippen LogP contribution in [0, 0.1) is 0 Å². The van der Waals surface area contributed by atoms with Gasteiger partial charge in [-0.2, -0.15) is 5.10 Å². The number of ether oxygens (including phenoxy) is 2. The molecule has 1 unspecified atom stereocenters. The summed E-state index contributed by atoms with van der Waals surface area (Å²) in [5, 5.41) is 15.5. The van der Waals surface area contributed by atoms with E-state index in [9.17, 15) is 4.79 Å². The van der Waals surface area contributed by atoms with Gasteiger partial charge >= 0.3 is 5.97 Å². The van der Waals surface area contributed by atoms with Crippen molar-refractivity contribution in [2.24, 2.45) is 0 Å². The Balaban J connectivity index is 1.82. The first-order valence-electron chi connectivity index (χ1n) is 7.39. The van der Waals surface area contributed by atoms with Crippen molar-refractivity contribution in [3.63, 3.8) is 0 Å². The predicted octanol–water partition coefficient (Wildman–Crippen LogP) is 1.87. The Morgan fingerprint density at radius 3 is 2.83 bits per heavy atom. The molecule has 0 amide bonds. The van der Waals surface area contributed by atoms with Crippen LogP contribution in [0.15, 0.2) is 24.3 Å². The number of hydrogen-bond acceptors (Lipinski definition) is 5. The molecule has 1 aromatic heterocycles. The van der Waals surface area contributed by atoms with Gasteiger partial charge in [0, 0.05) is 18.7 Å². The maximum Gasteiger partial charge on any atom is 0.353 e. The fraction of sp³-hybridized carbons (Fsp3) is 0.375. The van der Waals surface area contributed by atoms with Crippen molar-refractivity contribution in [2.45, 2.75) is 12.5 Å². The number of aromatic nitrogens is 2. The Morgan fingerprint density at radius 1 is 1.39 bits per heavy atom. The topological polar surface area (TPSA) is 87.7 Å². The number of hydrogen-bond donors (Lipinski definition) is 2. The molecule has 0 saturated carbocycles. The molecule has 2 heterocycles. The largest absolute Gasteiger partial charge is 0.493 e. The van der Waals surface area contributed by atoms with Crippen LogP contribution >= 0.6 is 0 Å². The van der Waals surface area contributed by atoms with Gasteiger partial charge in [0.25, 0.3) is 0 Å². The van der Waals surface area contributed by atoms with Crippen molar-refractivity contribution < 1.29 is 19.4 Å². The SMILES string of the molecule is COc1cc(-c2cc(C(=O)O)[nH]n2)ccc1OC1CCN(C)C1. The standard InChI is InChI=1S/C16H19N3O4/c1-19-6-5-11(9-19)23-14-4-3-10(7-15(14)22-2)12-8-13(16(20)21)18-17-12/h3-4,7-8,11H,5-6,9H2,1-2H3,(H,17,18)(H,20,21). The van der Waals surface area contributed by atoms with E-state index in [1.54, 1.807) is 13.2 Å². The zero-order valence-corrected chi connectivity index (χ0v) is 13.1. The summed E-state index contributed by atoms with van der Waals surface area (Å²) in [7, 11) is 3.65. The van der Waals surface area contributed by atoms with Gasteiger partial charge in [0.15, 0.2) is 11.5 Å². The molecule has 23 heavy (non-hydrogen) atoms. The summed E-state index contributed by atoms with van der Waals surface area (Å²) < 4.78 is 11.4. The van der Waals surface area contributed by atoms with Crippen LogP contribution in [0.2, 0.25) is 0 Å². The second-order valence-corrected chi connectivity index (χ2v) is 5.63. The van der Waals surface area contributed by atoms with Gasteiger partial charge in [-0.15, -0.1) is 0 Å². The first-order valence-corrected chi connectivity index (χ1v) is 7.39. The third-order valence-electron chi connectivity index (χ3n) is 3.91. The van der Waals surface area contributed by atoms with Crippen LogP contribution < -0.4 is 9.47 Å². The second kappa shape index (κ2) is 6.29. The number of rotatable bonds is 5. The van der Waals surface area contributed by atoms with Crippen molar-refractivity contribution in [1.82, 2.24) is 15.1 Å². The minimum absolute atomic E-state index is 0.0493. The number of aromatic carboxylic acids is 1. The van der Waals surface area contributed by atoms with Gasteiger partial charge < -0.3 is 19.5 Å². The number of nitrogens with zero attached hydrogens (tertiary/aromatic N) is 2. The lowest BCUT2D eigenvalue weighted by molar-refractivity contribution is 0.0690. The van der Waals surface area contributed by atoms with Crippen LogP contribution in [-0.2, 0) is 0 Å². The average Bonchev–Trinajstić information content (AvgIpc) is 3.17. The van der Waals surface area contributed by atoms with E-state index >= 15 is 0 Å². The minimum atomic E-state index is -1.04. The number of nitrogens with one attached hydrogen (secondary N) is 1. The molecule has 2 N–H and O–H groups in total. The predicted molar refractivity (Wildman–Crippen MR) is 84.1 cm³/mol. The summed E-state index contributed by atoms with van der Waals surface area (Å²) >= 11 is 0. The molecule has 0 radical (unpaired) electrons. The van der Waals surface area contributed by atoms with Crippen LogP contribution in [0.25, 0.3) is 11.3 Å². The van der Waals surface area contributed by atoms with Crippen LogP contribution in [0.4, 0.5) is 0 Å². The number of likely N-dealkylation sites (tertiary alicyclic amines) is 1. The molecule has 1 saturated heterocycles. The van der Waals surface area contributed by atoms with Crippen LogP contribution in [0.5, 0.6) is 11.5 Å². The first-order chi connectivity index (χ1) is 11.1. The number of H-pyrrole nitrogens is 1. The number of likely N-dealkylation sites (N-methyl/N-ethyl adjacent to an activating group) is 1. The molecule has 7 heteroatoms. The summed E-state index contributed by atoms with van der Waals surface area (Å²) in [5.74, 6) is 0.253. The maximum absolute atomic E-state index is 10.9. The molecule has 1 aliphatic rings. The Kier molecular flexibility index (Phi) is 4.20. The van der Waals surface area contributed by atoms with Gasteiger partial charge in [-0.3, -0.25) is 5.10 Å². The summed E-state index contributed by atoms with van der Waals surface area (Å²) in [6.07, 6.45) is 1.15. The van der Waals surface area contributed by atoms with Gasteiger partial charge in [-0.1, -0.05) is 0 Å². The van der Waals surface area contributed by atoms with Crippen molar-refractivity contribution in [3.05, 3.63) is 30.0 Å². The maximum atomic E-state index is 10.9. The van der Waals surface area contributed by atoms with E-state index in [0.717, 1.165) is 25.1 Å². The molecule has 122 valence electrons. The lowest BCUT2D eigenvalue weighted by Crippen LogP contribution is -2.21. The summed E-state index contributed by atoms with van der Waals surface area (Å²) in [5.41, 5.74) is 1.36. The van der Waals surface area contributed by atoms with Crippen LogP contribution in [-0.4, -0.2) is 59.5 Å². The van der Waals surface area contributed by atoms with Crippen molar-refractivity contribution >= 4 is 5.97 Å². The monoisotopic (exact) mass is 317 g/mol. The van der Waals surface area contributed by atoms with Gasteiger partial charge in [-0.25, -0.2) is 4.79 Å². The van der Waals surface area contributed by atoms with Crippen molar-refractivity contribution in [1.29, 1.82) is 0 Å². The lowest BCUT2D eigenvalue weighted by Gasteiger charge is -2.16. The highest BCUT2D eigenvalue weighted by Gasteiger charge is 2.22. The smallest absolute Gasteiger partial charge is 0.353 e. The lowest BCUT2D eigenvalue weighted by atomic mass is 10.1. The number of benzene rings is 1. The number of carboxylic acids is 1. The molecular weight excluding hydrogens is 298 g/mol. The fourth-order valence-electron chi connectivity index (χ4n) is 2.67. The molecule has 3 rings (SSSR count). The van der Waals surface area contributed by atoms with Gasteiger partial charge in [0.2, 0.25) is 0 Å². The Labute approximate surface area is 133 Å². The molecule has 7 nitrogen and oxygen atoms in total. The van der Waals surface area contributed by atoms with Crippen LogP contribution in [0.1, 0.15) is 16.9 Å². The average molecular weight is 317 g/mol. The molecule has 0 spiro atoms. The van der Waals surface area contributed by atoms with Crippen molar-refractivity contribution in [2.75, 3.05) is 27.2 Å². The van der Waals surface area contributed by atoms with E-state index in [4.69, 9.17) is 14.6 Å². The van der Waals surface area contributed by atoms with Gasteiger partial charge in [-0.05, 0) is 37.7 Å². The summed E-state index contributed by atoms with van der Waals surface area (Å²) in [6, 6.07) is 6.97. The minimum Gasteiger partial charge on any atom is -0.493 e. The number of carboxylic acid groups (broad SMARTS) is 1. The summed E-state index contributed by atoms with van der Waals surface area (Å²) in [6.45, 7) is 1.92. The number of aromatic amines is 1. The zero-order valence-electron chi connectivity index (χ0n) is 13.1. The van der Waals surface area contributed by atoms with E-state index < -0.39 is 5.97 Å². The van der Waals surface area contributed by atoms with Crippen molar-refractivity contribution in [3.8, 4) is 22.8 Å². The molecular formula is C16H19N3O4. The van der Waals surface area contributed by atoms with Gasteiger partial charge in [0.05, 0.1) is 12.8 Å². The Bertz CT molecular complexity index is 713. The molecule has 1 aromatic carbocycles. The third kappa shape index (κ3) is 3.29. The molecule has 1 aliphatic heterocycles. The van der Waals surface area contributed by atoms with Gasteiger partial charge in [0.1, 0.15) is 11.8 Å². The first kappa shape index (κ1) is 15.4. The third-order valence-corrected chi connectivity index (χ3v) is 3.91. The molecule has 1 atom stereocenters. The van der Waals surface area contributed by atoms with E-state index in [1.807, 2.05) is 12.1 Å². The van der Waals surface area contributed by atoms with Crippen LogP contribution in [0.3, 0.4) is 0 Å². The molecule has 2 aromatic rings. The highest BCUT2D eigenvalue weighted by molar-refractivity contribution is 5.86. The van der Waals surface area contributed by atoms with E-state index in [2.05, 4.69) is 22.1 Å². The fourth-order valence-corrected chi connectivity index (χ4v) is 2.67. The van der Waals surface area contributed by atoms with E-state index in [0.29, 0.717) is 17.2 Å². The van der Waals surface area contributed by atoms with E-state index in [-0.39, 0.29) is 11.8 Å². The Hall–Kier alpha value is -2.54. The quantitative estimate of drug-likeness (QED) is 0.875. The number of methoxy groups -OCH3 is 1. The highest BCUT2D eigenvalue weighted by Crippen LogP contribution is 2.33. The Morgan fingerprint density at radius 2 is 2.22 bits per heavy atom. The molecule has 1 fully saturated rings. The normalized spacial score (nSPS) is 18.1. The molecule has 0 aliphatic carbocycles.